The monoisotopic (exact) mass is 173 g/mol. The predicted octanol–water partition coefficient (Wildman–Crippen LogP) is 0.114. The van der Waals surface area contributed by atoms with Gasteiger partial charge in [-0.25, -0.2) is 9.36 Å². The average Bonchev–Trinajstić information content (AvgIpc) is 2.34. The van der Waals surface area contributed by atoms with Crippen molar-refractivity contribution in [2.75, 3.05) is 0 Å². The minimum absolute atomic E-state index is 0.539. The molecule has 0 saturated carbocycles. The summed E-state index contributed by atoms with van der Waals surface area (Å²) in [7, 11) is 0. The van der Waals surface area contributed by atoms with E-state index in [1.807, 2.05) is 0 Å². The van der Waals surface area contributed by atoms with Crippen molar-refractivity contribution in [1.29, 1.82) is 0 Å². The second-order valence-corrected chi connectivity index (χ2v) is 2.72. The van der Waals surface area contributed by atoms with Gasteiger partial charge in [-0.1, -0.05) is 0 Å². The number of carboxylic acids is 1. The van der Waals surface area contributed by atoms with Gasteiger partial charge in [-0.15, -0.1) is 0 Å². The molecule has 0 radical (unpaired) electrons. The number of hydrogen-bond acceptors (Lipinski definition) is 2. The van der Waals surface area contributed by atoms with Crippen LogP contribution in [0.25, 0.3) is 0 Å². The molecule has 1 unspecified atom stereocenters. The zero-order valence-electron chi connectivity index (χ0n) is 6.01. The van der Waals surface area contributed by atoms with Crippen LogP contribution in [-0.2, 0) is 4.79 Å². The third kappa shape index (κ3) is 1.74. The molecule has 0 saturated heterocycles. The lowest BCUT2D eigenvalue weighted by Gasteiger charge is -1.98. The van der Waals surface area contributed by atoms with Gasteiger partial charge in [0.25, 0.3) is 6.33 Å². The van der Waals surface area contributed by atoms with Crippen molar-refractivity contribution in [1.82, 2.24) is 3.97 Å². The molecule has 1 rings (SSSR count). The molecule has 0 aliphatic carbocycles. The third-order valence-corrected chi connectivity index (χ3v) is 1.68. The maximum atomic E-state index is 10.5. The normalized spacial score (nSPS) is 12.9. The van der Waals surface area contributed by atoms with Crippen molar-refractivity contribution in [2.45, 2.75) is 13.0 Å². The van der Waals surface area contributed by atoms with Crippen molar-refractivity contribution in [3.8, 4) is 0 Å². The molecule has 1 aromatic rings. The Hall–Kier alpha value is -0.970. The summed E-state index contributed by atoms with van der Waals surface area (Å²) in [6.45, 7) is 1.61. The number of aliphatic carboxylic acids is 1. The third-order valence-electron chi connectivity index (χ3n) is 1.45. The Balaban J connectivity index is 2.84. The number of carbonyl (C=O) groups is 1. The molecule has 0 bridgehead atoms. The number of carboxylic acid groups (broad SMARTS) is 1. The molecule has 0 fully saturated rings. The summed E-state index contributed by atoms with van der Waals surface area (Å²) in [5.74, 6) is -0.852. The zero-order chi connectivity index (χ0) is 8.43. The molecule has 0 aliphatic heterocycles. The minimum Gasteiger partial charge on any atom is -0.478 e. The zero-order valence-corrected chi connectivity index (χ0v) is 6.90. The first-order valence-electron chi connectivity index (χ1n) is 3.12. The summed E-state index contributed by atoms with van der Waals surface area (Å²) in [6, 6.07) is -0.539. The Labute approximate surface area is 69.6 Å². The first kappa shape index (κ1) is 8.13. The van der Waals surface area contributed by atoms with E-state index < -0.39 is 12.0 Å². The second kappa shape index (κ2) is 2.96. The van der Waals surface area contributed by atoms with Crippen LogP contribution in [0.5, 0.6) is 0 Å². The van der Waals surface area contributed by atoms with Gasteiger partial charge in [0.2, 0.25) is 0 Å². The van der Waals surface area contributed by atoms with Gasteiger partial charge in [0.1, 0.15) is 12.4 Å². The van der Waals surface area contributed by atoms with Crippen LogP contribution in [0.1, 0.15) is 13.0 Å². The van der Waals surface area contributed by atoms with Gasteiger partial charge in [-0.3, -0.25) is 0 Å². The van der Waals surface area contributed by atoms with Gasteiger partial charge in [-0.2, -0.15) is 3.97 Å². The molecular weight excluding hydrogens is 164 g/mol. The lowest BCUT2D eigenvalue weighted by molar-refractivity contribution is -0.706. The Bertz CT molecular complexity index is 271. The van der Waals surface area contributed by atoms with Crippen molar-refractivity contribution in [2.24, 2.45) is 0 Å². The molecule has 0 aliphatic rings. The molecule has 1 aromatic heterocycles. The summed E-state index contributed by atoms with van der Waals surface area (Å²) in [5, 5.41) is 8.59. The van der Waals surface area contributed by atoms with E-state index in [4.69, 9.17) is 5.11 Å². The fourth-order valence-corrected chi connectivity index (χ4v) is 0.894. The Morgan fingerprint density at radius 1 is 1.82 bits per heavy atom. The lowest BCUT2D eigenvalue weighted by Crippen LogP contribution is -2.40. The summed E-state index contributed by atoms with van der Waals surface area (Å²) in [6.07, 6.45) is 4.93. The number of hydrogen-bond donors (Lipinski definition) is 2. The van der Waals surface area contributed by atoms with Crippen molar-refractivity contribution in [3.63, 3.8) is 0 Å². The van der Waals surface area contributed by atoms with Crippen LogP contribution < -0.4 is 4.57 Å². The van der Waals surface area contributed by atoms with E-state index in [2.05, 4.69) is 12.8 Å². The summed E-state index contributed by atoms with van der Waals surface area (Å²) in [4.78, 5) is 10.5. The Morgan fingerprint density at radius 2 is 2.45 bits per heavy atom. The first-order valence-corrected chi connectivity index (χ1v) is 3.52. The smallest absolute Gasteiger partial charge is 0.349 e. The van der Waals surface area contributed by atoms with Crippen LogP contribution in [-0.4, -0.2) is 15.0 Å². The van der Waals surface area contributed by atoms with Crippen molar-refractivity contribution >= 4 is 18.8 Å². The predicted molar refractivity (Wildman–Crippen MR) is 41.4 cm³/mol. The molecule has 4 nitrogen and oxygen atoms in total. The summed E-state index contributed by atoms with van der Waals surface area (Å²) in [5.41, 5.74) is 0. The Morgan fingerprint density at radius 3 is 2.82 bits per heavy atom. The molecule has 60 valence electrons. The van der Waals surface area contributed by atoms with Gasteiger partial charge >= 0.3 is 5.97 Å². The van der Waals surface area contributed by atoms with Crippen LogP contribution in [0, 0.1) is 0 Å². The molecule has 1 heterocycles. The lowest BCUT2D eigenvalue weighted by atomic mass is 10.3. The van der Waals surface area contributed by atoms with Crippen LogP contribution >= 0.6 is 12.8 Å². The van der Waals surface area contributed by atoms with Gasteiger partial charge < -0.3 is 5.11 Å². The first-order chi connectivity index (χ1) is 5.11. The van der Waals surface area contributed by atoms with E-state index in [9.17, 15) is 4.79 Å². The van der Waals surface area contributed by atoms with E-state index in [0.29, 0.717) is 0 Å². The average molecular weight is 173 g/mol. The van der Waals surface area contributed by atoms with Gasteiger partial charge in [-0.05, 0) is 6.92 Å². The molecule has 0 aromatic carbocycles. The summed E-state index contributed by atoms with van der Waals surface area (Å²) >= 11 is 3.97. The van der Waals surface area contributed by atoms with Crippen LogP contribution in [0.3, 0.4) is 0 Å². The van der Waals surface area contributed by atoms with Gasteiger partial charge in [0.15, 0.2) is 6.04 Å². The standard InChI is InChI=1S/C6H8N2O2S/c1-5(6(9)10)7-2-3-8(11)4-7/h2-5H,1H3,(H-,9,10,11)/p+1. The number of nitrogens with zero attached hydrogens (tertiary/aromatic N) is 2. The molecule has 0 amide bonds. The fourth-order valence-electron chi connectivity index (χ4n) is 0.715. The van der Waals surface area contributed by atoms with Crippen LogP contribution in [0.2, 0.25) is 0 Å². The summed E-state index contributed by atoms with van der Waals surface area (Å²) < 4.78 is 3.06. The fraction of sp³-hybridized carbons (Fsp3) is 0.333. The molecule has 1 atom stereocenters. The van der Waals surface area contributed by atoms with Gasteiger partial charge in [0, 0.05) is 12.8 Å². The molecule has 5 heteroatoms. The Kier molecular flexibility index (Phi) is 2.19. The molecule has 0 spiro atoms. The highest BCUT2D eigenvalue weighted by molar-refractivity contribution is 7.78. The highest BCUT2D eigenvalue weighted by atomic mass is 32.1. The highest BCUT2D eigenvalue weighted by Crippen LogP contribution is 1.94. The maximum Gasteiger partial charge on any atom is 0.349 e. The van der Waals surface area contributed by atoms with E-state index >= 15 is 0 Å². The number of imidazole rings is 1. The highest BCUT2D eigenvalue weighted by Gasteiger charge is 2.17. The van der Waals surface area contributed by atoms with Crippen LogP contribution in [0.15, 0.2) is 18.7 Å². The van der Waals surface area contributed by atoms with E-state index in [-0.39, 0.29) is 0 Å². The minimum atomic E-state index is -0.852. The van der Waals surface area contributed by atoms with E-state index in [1.54, 1.807) is 30.2 Å². The topological polar surface area (TPSA) is 46.1 Å². The molecular formula is C6H9N2O2S+. The van der Waals surface area contributed by atoms with Crippen molar-refractivity contribution in [3.05, 3.63) is 18.7 Å². The quantitative estimate of drug-likeness (QED) is 0.492. The van der Waals surface area contributed by atoms with E-state index in [0.717, 1.165) is 0 Å². The van der Waals surface area contributed by atoms with E-state index in [1.165, 1.54) is 3.97 Å². The van der Waals surface area contributed by atoms with Crippen LogP contribution in [0.4, 0.5) is 0 Å². The number of thiol groups is 1. The largest absolute Gasteiger partial charge is 0.478 e. The molecule has 11 heavy (non-hydrogen) atoms. The number of aromatic nitrogens is 2. The SMILES string of the molecule is CC(C(=O)O)[n+]1ccn(S)c1. The van der Waals surface area contributed by atoms with Crippen molar-refractivity contribution < 1.29 is 14.5 Å². The second-order valence-electron chi connectivity index (χ2n) is 2.26. The molecule has 1 N–H and O–H groups in total. The van der Waals surface area contributed by atoms with Gasteiger partial charge in [0.05, 0.1) is 0 Å². The maximum absolute atomic E-state index is 10.5. The number of rotatable bonds is 2.